The minimum Gasteiger partial charge on any atom is -0.352 e. The van der Waals surface area contributed by atoms with E-state index in [9.17, 15) is 22.4 Å². The predicted molar refractivity (Wildman–Crippen MR) is 151 cm³/mol. The van der Waals surface area contributed by atoms with Crippen LogP contribution >= 0.6 is 11.6 Å². The van der Waals surface area contributed by atoms with Crippen molar-refractivity contribution >= 4 is 39.1 Å². The van der Waals surface area contributed by atoms with Gasteiger partial charge < -0.3 is 10.2 Å². The van der Waals surface area contributed by atoms with E-state index in [2.05, 4.69) is 5.32 Å². The van der Waals surface area contributed by atoms with Gasteiger partial charge in [-0.3, -0.25) is 13.9 Å². The van der Waals surface area contributed by atoms with E-state index in [1.807, 2.05) is 20.8 Å². The Morgan fingerprint density at radius 2 is 1.59 bits per heavy atom. The van der Waals surface area contributed by atoms with Crippen molar-refractivity contribution in [3.8, 4) is 0 Å². The Labute approximate surface area is 234 Å². The highest BCUT2D eigenvalue weighted by molar-refractivity contribution is 7.92. The molecule has 0 saturated heterocycles. The number of rotatable bonds is 11. The molecule has 3 aromatic rings. The van der Waals surface area contributed by atoms with Crippen LogP contribution in [0.5, 0.6) is 0 Å². The summed E-state index contributed by atoms with van der Waals surface area (Å²) in [5.41, 5.74) is 1.58. The second-order valence-corrected chi connectivity index (χ2v) is 11.7. The van der Waals surface area contributed by atoms with Gasteiger partial charge in [-0.1, -0.05) is 54.4 Å². The van der Waals surface area contributed by atoms with E-state index in [0.29, 0.717) is 17.0 Å². The summed E-state index contributed by atoms with van der Waals surface area (Å²) in [5, 5.41) is 3.29. The first-order valence-electron chi connectivity index (χ1n) is 12.6. The smallest absolute Gasteiger partial charge is 0.264 e. The molecule has 2 amide bonds. The van der Waals surface area contributed by atoms with Gasteiger partial charge in [0.25, 0.3) is 10.0 Å². The Morgan fingerprint density at radius 1 is 0.974 bits per heavy atom. The molecule has 2 atom stereocenters. The summed E-state index contributed by atoms with van der Waals surface area (Å²) in [6.07, 6.45) is 0.698. The third-order valence-electron chi connectivity index (χ3n) is 6.47. The topological polar surface area (TPSA) is 86.8 Å². The van der Waals surface area contributed by atoms with Gasteiger partial charge in [0.2, 0.25) is 11.8 Å². The summed E-state index contributed by atoms with van der Waals surface area (Å²) in [6, 6.07) is 17.0. The van der Waals surface area contributed by atoms with Crippen LogP contribution in [0.1, 0.15) is 38.3 Å². The number of aryl methyl sites for hydroxylation is 1. The third-order valence-corrected chi connectivity index (χ3v) is 8.63. The van der Waals surface area contributed by atoms with Crippen molar-refractivity contribution in [3.63, 3.8) is 0 Å². The lowest BCUT2D eigenvalue weighted by Crippen LogP contribution is -2.52. The molecule has 39 heavy (non-hydrogen) atoms. The van der Waals surface area contributed by atoms with E-state index >= 15 is 0 Å². The zero-order valence-corrected chi connectivity index (χ0v) is 24.0. The van der Waals surface area contributed by atoms with Gasteiger partial charge in [-0.25, -0.2) is 12.8 Å². The summed E-state index contributed by atoms with van der Waals surface area (Å²) < 4.78 is 42.1. The molecule has 0 spiro atoms. The standard InChI is InChI=1S/C29H33ClFN3O4S/c1-5-21(3)32-29(36)22(4)33(18-23-8-6-7-9-27(23)30)28(35)19-34(25-14-12-24(31)13-15-25)39(37,38)26-16-10-20(2)11-17-26/h6-17,21-22H,5,18-19H2,1-4H3,(H,32,36). The molecule has 7 nitrogen and oxygen atoms in total. The average molecular weight is 574 g/mol. The molecular formula is C29H33ClFN3O4S. The third kappa shape index (κ3) is 7.58. The van der Waals surface area contributed by atoms with E-state index in [1.165, 1.54) is 29.2 Å². The van der Waals surface area contributed by atoms with E-state index in [4.69, 9.17) is 11.6 Å². The Hall–Kier alpha value is -3.43. The van der Waals surface area contributed by atoms with Gasteiger partial charge in [0.05, 0.1) is 10.6 Å². The summed E-state index contributed by atoms with van der Waals surface area (Å²) in [7, 11) is -4.23. The second-order valence-electron chi connectivity index (χ2n) is 9.41. The summed E-state index contributed by atoms with van der Waals surface area (Å²) in [6.45, 7) is 6.57. The lowest BCUT2D eigenvalue weighted by molar-refractivity contribution is -0.139. The van der Waals surface area contributed by atoms with Crippen LogP contribution in [0, 0.1) is 12.7 Å². The Balaban J connectivity index is 2.03. The number of carbonyl (C=O) groups excluding carboxylic acids is 2. The first-order valence-corrected chi connectivity index (χ1v) is 14.4. The molecule has 0 heterocycles. The van der Waals surface area contributed by atoms with E-state index in [1.54, 1.807) is 43.3 Å². The second kappa shape index (κ2) is 13.1. The molecule has 0 fully saturated rings. The van der Waals surface area contributed by atoms with E-state index in [0.717, 1.165) is 22.0 Å². The van der Waals surface area contributed by atoms with Crippen LogP contribution in [-0.4, -0.2) is 43.8 Å². The molecule has 3 rings (SSSR count). The van der Waals surface area contributed by atoms with Crippen molar-refractivity contribution < 1.29 is 22.4 Å². The Bertz CT molecular complexity index is 1400. The predicted octanol–water partition coefficient (Wildman–Crippen LogP) is 5.31. The Kier molecular flexibility index (Phi) is 10.1. The number of carbonyl (C=O) groups is 2. The molecular weight excluding hydrogens is 541 g/mol. The summed E-state index contributed by atoms with van der Waals surface area (Å²) in [4.78, 5) is 28.2. The molecule has 2 unspecified atom stereocenters. The number of halogens is 2. The van der Waals surface area contributed by atoms with Crippen molar-refractivity contribution in [1.82, 2.24) is 10.2 Å². The monoisotopic (exact) mass is 573 g/mol. The highest BCUT2D eigenvalue weighted by Crippen LogP contribution is 2.26. The molecule has 0 radical (unpaired) electrons. The van der Waals surface area contributed by atoms with Gasteiger partial charge in [0.1, 0.15) is 18.4 Å². The number of nitrogens with one attached hydrogen (secondary N) is 1. The quantitative estimate of drug-likeness (QED) is 0.337. The maximum atomic E-state index is 13.9. The van der Waals surface area contributed by atoms with Gasteiger partial charge >= 0.3 is 0 Å². The highest BCUT2D eigenvalue weighted by atomic mass is 35.5. The fourth-order valence-electron chi connectivity index (χ4n) is 3.83. The maximum absolute atomic E-state index is 13.9. The van der Waals surface area contributed by atoms with Crippen molar-refractivity contribution in [2.24, 2.45) is 0 Å². The van der Waals surface area contributed by atoms with Gasteiger partial charge in [-0.2, -0.15) is 0 Å². The lowest BCUT2D eigenvalue weighted by Gasteiger charge is -2.32. The molecule has 0 aliphatic carbocycles. The normalized spacial score (nSPS) is 12.9. The van der Waals surface area contributed by atoms with Crippen LogP contribution in [0.3, 0.4) is 0 Å². The van der Waals surface area contributed by atoms with Crippen molar-refractivity contribution in [3.05, 3.63) is 94.8 Å². The zero-order valence-electron chi connectivity index (χ0n) is 22.4. The molecule has 0 saturated carbocycles. The minimum atomic E-state index is -4.23. The maximum Gasteiger partial charge on any atom is 0.264 e. The SMILES string of the molecule is CCC(C)NC(=O)C(C)N(Cc1ccccc1Cl)C(=O)CN(c1ccc(F)cc1)S(=O)(=O)c1ccc(C)cc1. The number of amides is 2. The summed E-state index contributed by atoms with van der Waals surface area (Å²) >= 11 is 6.37. The molecule has 0 aliphatic heterocycles. The van der Waals surface area contributed by atoms with E-state index in [-0.39, 0.29) is 29.1 Å². The fraction of sp³-hybridized carbons (Fsp3) is 0.310. The average Bonchev–Trinajstić information content (AvgIpc) is 2.91. The Morgan fingerprint density at radius 3 is 2.18 bits per heavy atom. The zero-order chi connectivity index (χ0) is 28.7. The fourth-order valence-corrected chi connectivity index (χ4v) is 5.44. The number of hydrogen-bond donors (Lipinski definition) is 1. The van der Waals surface area contributed by atoms with Crippen LogP contribution in [0.15, 0.2) is 77.7 Å². The molecule has 0 bridgehead atoms. The summed E-state index contributed by atoms with van der Waals surface area (Å²) in [5.74, 6) is -1.55. The first-order chi connectivity index (χ1) is 18.4. The van der Waals surface area contributed by atoms with Gasteiger partial charge in [-0.15, -0.1) is 0 Å². The number of sulfonamides is 1. The van der Waals surface area contributed by atoms with Crippen LogP contribution in [0.2, 0.25) is 5.02 Å². The van der Waals surface area contributed by atoms with Crippen LogP contribution in [0.4, 0.5) is 10.1 Å². The number of nitrogens with zero attached hydrogens (tertiary/aromatic N) is 2. The lowest BCUT2D eigenvalue weighted by atomic mass is 10.1. The van der Waals surface area contributed by atoms with Crippen LogP contribution in [0.25, 0.3) is 0 Å². The molecule has 3 aromatic carbocycles. The van der Waals surface area contributed by atoms with Crippen molar-refractivity contribution in [1.29, 1.82) is 0 Å². The number of hydrogen-bond acceptors (Lipinski definition) is 4. The van der Waals surface area contributed by atoms with Crippen molar-refractivity contribution in [2.75, 3.05) is 10.8 Å². The largest absolute Gasteiger partial charge is 0.352 e. The van der Waals surface area contributed by atoms with Crippen LogP contribution in [-0.2, 0) is 26.2 Å². The molecule has 0 aromatic heterocycles. The van der Waals surface area contributed by atoms with Gasteiger partial charge in [-0.05, 0) is 75.2 Å². The van der Waals surface area contributed by atoms with E-state index < -0.39 is 34.3 Å². The van der Waals surface area contributed by atoms with Gasteiger partial charge in [0.15, 0.2) is 0 Å². The minimum absolute atomic E-state index is 0.0184. The number of benzene rings is 3. The van der Waals surface area contributed by atoms with Crippen LogP contribution < -0.4 is 9.62 Å². The molecule has 1 N–H and O–H groups in total. The van der Waals surface area contributed by atoms with Crippen molar-refractivity contribution in [2.45, 2.75) is 57.6 Å². The molecule has 0 aliphatic rings. The highest BCUT2D eigenvalue weighted by Gasteiger charge is 2.33. The molecule has 10 heteroatoms. The molecule has 208 valence electrons. The van der Waals surface area contributed by atoms with Gasteiger partial charge in [0, 0.05) is 17.6 Å². The first kappa shape index (κ1) is 30.1. The number of anilines is 1.